The van der Waals surface area contributed by atoms with Crippen LogP contribution in [0.4, 0.5) is 5.13 Å². The van der Waals surface area contributed by atoms with Crippen LogP contribution in [0.1, 0.15) is 54.9 Å². The lowest BCUT2D eigenvalue weighted by Gasteiger charge is -2.17. The third kappa shape index (κ3) is 9.33. The average molecular weight is 561 g/mol. The second-order valence-electron chi connectivity index (χ2n) is 9.18. The highest BCUT2D eigenvalue weighted by Crippen LogP contribution is 2.51. The molecule has 0 fully saturated rings. The monoisotopic (exact) mass is 560 g/mol. The van der Waals surface area contributed by atoms with Crippen LogP contribution in [0.5, 0.6) is 5.75 Å². The zero-order valence-corrected chi connectivity index (χ0v) is 24.1. The highest BCUT2D eigenvalue weighted by molar-refractivity contribution is 7.53. The van der Waals surface area contributed by atoms with Crippen LogP contribution in [-0.2, 0) is 32.6 Å². The standard InChI is InChI=1S/C28H37N2O6PS/c1-5-34-37(33,35-6-2)18-25-19-38-28(29-25)30-27(32)24-14-23(15-26(16-24)36-21(4)17-31)13-20(3)12-22-10-8-7-9-11-22/h7-11,14-16,19-21,31H,5-6,12-13,17-18H2,1-4H3,(H,29,30,32)/t20-,21-/m0/s1. The molecule has 0 spiro atoms. The second kappa shape index (κ2) is 14.6. The molecule has 1 heterocycles. The van der Waals surface area contributed by atoms with Gasteiger partial charge < -0.3 is 18.9 Å². The summed E-state index contributed by atoms with van der Waals surface area (Å²) in [7, 11) is -3.29. The number of ether oxygens (including phenoxy) is 1. The number of thiazole rings is 1. The summed E-state index contributed by atoms with van der Waals surface area (Å²) in [5.74, 6) is 0.532. The summed E-state index contributed by atoms with van der Waals surface area (Å²) in [6.07, 6.45) is 1.30. The number of aliphatic hydroxyl groups is 1. The molecule has 3 rings (SSSR count). The number of nitrogens with zero attached hydrogens (tertiary/aromatic N) is 1. The fourth-order valence-electron chi connectivity index (χ4n) is 4.06. The molecule has 0 radical (unpaired) electrons. The van der Waals surface area contributed by atoms with Gasteiger partial charge >= 0.3 is 7.60 Å². The van der Waals surface area contributed by atoms with Gasteiger partial charge in [0, 0.05) is 10.9 Å². The predicted octanol–water partition coefficient (Wildman–Crippen LogP) is 6.34. The molecule has 0 bridgehead atoms. The van der Waals surface area contributed by atoms with Gasteiger partial charge in [-0.2, -0.15) is 0 Å². The first-order valence-corrected chi connectivity index (χ1v) is 15.4. The van der Waals surface area contributed by atoms with Gasteiger partial charge in [0.05, 0.1) is 31.7 Å². The van der Waals surface area contributed by atoms with Gasteiger partial charge in [0.15, 0.2) is 5.13 Å². The number of benzene rings is 2. The molecular weight excluding hydrogens is 523 g/mol. The van der Waals surface area contributed by atoms with Gasteiger partial charge in [0.1, 0.15) is 11.9 Å². The van der Waals surface area contributed by atoms with Crippen molar-refractivity contribution in [3.63, 3.8) is 0 Å². The molecule has 206 valence electrons. The van der Waals surface area contributed by atoms with Gasteiger partial charge in [-0.25, -0.2) is 4.98 Å². The van der Waals surface area contributed by atoms with Crippen molar-refractivity contribution in [3.8, 4) is 5.75 Å². The largest absolute Gasteiger partial charge is 0.488 e. The quantitative estimate of drug-likeness (QED) is 0.209. The first-order chi connectivity index (χ1) is 18.2. The lowest BCUT2D eigenvalue weighted by atomic mass is 9.93. The highest BCUT2D eigenvalue weighted by Gasteiger charge is 2.26. The SMILES string of the molecule is CCOP(=O)(Cc1csc(NC(=O)c2cc(C[C@@H](C)Cc3ccccc3)cc(O[C@@H](C)CO)c2)n1)OCC. The molecule has 0 aliphatic carbocycles. The Morgan fingerprint density at radius 2 is 1.74 bits per heavy atom. The van der Waals surface area contributed by atoms with Crippen molar-refractivity contribution >= 4 is 30.0 Å². The van der Waals surface area contributed by atoms with Crippen LogP contribution in [0, 0.1) is 5.92 Å². The molecule has 8 nitrogen and oxygen atoms in total. The first kappa shape index (κ1) is 30.0. The molecule has 0 aliphatic heterocycles. The smallest absolute Gasteiger partial charge is 0.336 e. The van der Waals surface area contributed by atoms with Crippen molar-refractivity contribution < 1.29 is 28.3 Å². The molecule has 1 amide bonds. The minimum absolute atomic E-state index is 0.0346. The molecule has 3 aromatic rings. The molecule has 0 unspecified atom stereocenters. The maximum Gasteiger partial charge on any atom is 0.336 e. The van der Waals surface area contributed by atoms with Crippen molar-refractivity contribution in [1.29, 1.82) is 0 Å². The van der Waals surface area contributed by atoms with Crippen LogP contribution in [0.15, 0.2) is 53.9 Å². The Kier molecular flexibility index (Phi) is 11.5. The van der Waals surface area contributed by atoms with E-state index in [-0.39, 0.29) is 31.9 Å². The molecule has 0 saturated heterocycles. The maximum absolute atomic E-state index is 13.2. The molecule has 0 aliphatic rings. The summed E-state index contributed by atoms with van der Waals surface area (Å²) in [5.41, 5.74) is 3.19. The van der Waals surface area contributed by atoms with Crippen molar-refractivity contribution in [3.05, 3.63) is 76.3 Å². The van der Waals surface area contributed by atoms with E-state index < -0.39 is 13.7 Å². The van der Waals surface area contributed by atoms with Gasteiger partial charge in [0.25, 0.3) is 5.91 Å². The van der Waals surface area contributed by atoms with Crippen LogP contribution < -0.4 is 10.1 Å². The Labute approximate surface area is 228 Å². The van der Waals surface area contributed by atoms with Crippen molar-refractivity contribution in [2.45, 2.75) is 52.8 Å². The van der Waals surface area contributed by atoms with Crippen molar-refractivity contribution in [2.24, 2.45) is 5.92 Å². The fourth-order valence-corrected chi connectivity index (χ4v) is 6.50. The van der Waals surface area contributed by atoms with Gasteiger partial charge in [0.2, 0.25) is 0 Å². The minimum Gasteiger partial charge on any atom is -0.488 e. The molecule has 0 saturated carbocycles. The van der Waals surface area contributed by atoms with Crippen molar-refractivity contribution in [1.82, 2.24) is 4.98 Å². The number of amides is 1. The van der Waals surface area contributed by atoms with E-state index in [1.165, 1.54) is 16.9 Å². The number of aromatic nitrogens is 1. The summed E-state index contributed by atoms with van der Waals surface area (Å²) in [6.45, 7) is 7.87. The van der Waals surface area contributed by atoms with E-state index >= 15 is 0 Å². The number of rotatable bonds is 15. The van der Waals surface area contributed by atoms with E-state index in [2.05, 4.69) is 29.4 Å². The Bertz CT molecular complexity index is 1210. The first-order valence-electron chi connectivity index (χ1n) is 12.8. The molecular formula is C28H37N2O6PS. The Morgan fingerprint density at radius 1 is 1.05 bits per heavy atom. The normalized spacial score (nSPS) is 13.2. The van der Waals surface area contributed by atoms with E-state index in [1.807, 2.05) is 30.3 Å². The van der Waals surface area contributed by atoms with E-state index in [9.17, 15) is 14.5 Å². The predicted molar refractivity (Wildman–Crippen MR) is 151 cm³/mol. The topological polar surface area (TPSA) is 107 Å². The van der Waals surface area contributed by atoms with Crippen LogP contribution in [0.3, 0.4) is 0 Å². The van der Waals surface area contributed by atoms with E-state index in [4.69, 9.17) is 13.8 Å². The summed E-state index contributed by atoms with van der Waals surface area (Å²) in [6, 6.07) is 15.7. The van der Waals surface area contributed by atoms with Crippen molar-refractivity contribution in [2.75, 3.05) is 25.1 Å². The molecule has 2 atom stereocenters. The number of nitrogens with one attached hydrogen (secondary N) is 1. The molecule has 2 aromatic carbocycles. The lowest BCUT2D eigenvalue weighted by molar-refractivity contribution is 0.102. The molecule has 1 aromatic heterocycles. The number of hydrogen-bond donors (Lipinski definition) is 2. The second-order valence-corrected chi connectivity index (χ2v) is 12.1. The zero-order valence-electron chi connectivity index (χ0n) is 22.4. The summed E-state index contributed by atoms with van der Waals surface area (Å²) in [4.78, 5) is 17.6. The number of hydrogen-bond acceptors (Lipinski definition) is 8. The summed E-state index contributed by atoms with van der Waals surface area (Å²) < 4.78 is 29.4. The van der Waals surface area contributed by atoms with Crippen LogP contribution in [-0.4, -0.2) is 41.9 Å². The van der Waals surface area contributed by atoms with Gasteiger partial charge in [-0.1, -0.05) is 37.3 Å². The Hall–Kier alpha value is -2.55. The van der Waals surface area contributed by atoms with Gasteiger partial charge in [-0.15, -0.1) is 11.3 Å². The van der Waals surface area contributed by atoms with E-state index in [0.29, 0.717) is 28.1 Å². The number of carbonyl (C=O) groups excluding carboxylic acids is 1. The summed E-state index contributed by atoms with van der Waals surface area (Å²) in [5, 5.41) is 14.4. The third-order valence-corrected chi connectivity index (χ3v) is 8.43. The highest BCUT2D eigenvalue weighted by atomic mass is 32.1. The number of carbonyl (C=O) groups is 1. The Balaban J connectivity index is 1.75. The Morgan fingerprint density at radius 3 is 2.39 bits per heavy atom. The maximum atomic E-state index is 13.2. The lowest BCUT2D eigenvalue weighted by Crippen LogP contribution is -2.18. The third-order valence-electron chi connectivity index (χ3n) is 5.61. The van der Waals surface area contributed by atoms with E-state index in [1.54, 1.807) is 32.2 Å². The fraction of sp³-hybridized carbons (Fsp3) is 0.429. The summed E-state index contributed by atoms with van der Waals surface area (Å²) >= 11 is 1.24. The van der Waals surface area contributed by atoms with Crippen LogP contribution in [0.25, 0.3) is 0 Å². The molecule has 2 N–H and O–H groups in total. The minimum atomic E-state index is -3.29. The van der Waals surface area contributed by atoms with Gasteiger partial charge in [-0.05, 0) is 68.9 Å². The van der Waals surface area contributed by atoms with Crippen LogP contribution in [0.2, 0.25) is 0 Å². The molecule has 10 heteroatoms. The molecule has 38 heavy (non-hydrogen) atoms. The van der Waals surface area contributed by atoms with E-state index in [0.717, 1.165) is 18.4 Å². The number of anilines is 1. The van der Waals surface area contributed by atoms with Crippen LogP contribution >= 0.6 is 18.9 Å². The number of aliphatic hydroxyl groups excluding tert-OH is 1. The average Bonchev–Trinajstić information content (AvgIpc) is 3.30. The van der Waals surface area contributed by atoms with Gasteiger partial charge in [-0.3, -0.25) is 14.7 Å². The zero-order chi connectivity index (χ0) is 27.5.